The topological polar surface area (TPSA) is 28.6 Å². The van der Waals surface area contributed by atoms with Crippen molar-refractivity contribution < 1.29 is 4.74 Å². The van der Waals surface area contributed by atoms with Crippen molar-refractivity contribution in [3.8, 4) is 5.88 Å². The Morgan fingerprint density at radius 3 is 2.60 bits per heavy atom. The van der Waals surface area contributed by atoms with E-state index < -0.39 is 0 Å². The van der Waals surface area contributed by atoms with E-state index in [1.807, 2.05) is 12.3 Å². The van der Waals surface area contributed by atoms with E-state index in [4.69, 9.17) is 4.74 Å². The van der Waals surface area contributed by atoms with Crippen molar-refractivity contribution in [2.75, 3.05) is 38.2 Å². The van der Waals surface area contributed by atoms with Crippen molar-refractivity contribution in [3.63, 3.8) is 0 Å². The summed E-state index contributed by atoms with van der Waals surface area (Å²) >= 11 is 0. The van der Waals surface area contributed by atoms with Crippen LogP contribution in [-0.2, 0) is 0 Å². The molecular weight excluding hydrogens is 250 g/mol. The smallest absolute Gasteiger partial charge is 0.213 e. The highest BCUT2D eigenvalue weighted by molar-refractivity contribution is 5.45. The van der Waals surface area contributed by atoms with Crippen LogP contribution in [0.3, 0.4) is 0 Å². The number of anilines is 1. The molecule has 4 heteroatoms. The number of methoxy groups -OCH3 is 1. The molecule has 1 aromatic heterocycles. The Morgan fingerprint density at radius 2 is 1.90 bits per heavy atom. The maximum Gasteiger partial charge on any atom is 0.213 e. The Morgan fingerprint density at radius 1 is 1.05 bits per heavy atom. The molecule has 0 N–H and O–H groups in total. The highest BCUT2D eigenvalue weighted by Gasteiger charge is 2.24. The summed E-state index contributed by atoms with van der Waals surface area (Å²) < 4.78 is 5.13. The number of pyridine rings is 1. The van der Waals surface area contributed by atoms with Gasteiger partial charge in [-0.05, 0) is 51.3 Å². The molecule has 3 heterocycles. The molecule has 4 nitrogen and oxygen atoms in total. The Bertz CT molecular complexity index is 414. The molecule has 0 amide bonds. The van der Waals surface area contributed by atoms with Gasteiger partial charge in [0.25, 0.3) is 0 Å². The van der Waals surface area contributed by atoms with Gasteiger partial charge in [0.15, 0.2) is 0 Å². The number of hydrogen-bond donors (Lipinski definition) is 0. The summed E-state index contributed by atoms with van der Waals surface area (Å²) in [4.78, 5) is 9.50. The van der Waals surface area contributed by atoms with Crippen molar-refractivity contribution in [2.45, 2.75) is 38.1 Å². The molecule has 20 heavy (non-hydrogen) atoms. The third kappa shape index (κ3) is 3.06. The van der Waals surface area contributed by atoms with Gasteiger partial charge in [-0.15, -0.1) is 0 Å². The third-order valence-electron chi connectivity index (χ3n) is 4.65. The van der Waals surface area contributed by atoms with E-state index in [-0.39, 0.29) is 0 Å². The average molecular weight is 275 g/mol. The zero-order valence-corrected chi connectivity index (χ0v) is 12.4. The molecule has 0 aromatic carbocycles. The number of nitrogens with zero attached hydrogens (tertiary/aromatic N) is 3. The second-order valence-corrected chi connectivity index (χ2v) is 5.87. The first-order valence-electron chi connectivity index (χ1n) is 7.86. The van der Waals surface area contributed by atoms with Crippen LogP contribution in [0.2, 0.25) is 0 Å². The lowest BCUT2D eigenvalue weighted by molar-refractivity contribution is 0.225. The first-order chi connectivity index (χ1) is 9.86. The summed E-state index contributed by atoms with van der Waals surface area (Å²) in [6.45, 7) is 4.93. The number of aromatic nitrogens is 1. The molecule has 0 spiro atoms. The van der Waals surface area contributed by atoms with E-state index >= 15 is 0 Å². The van der Waals surface area contributed by atoms with Crippen LogP contribution in [-0.4, -0.2) is 49.2 Å². The second kappa shape index (κ2) is 6.44. The lowest BCUT2D eigenvalue weighted by Gasteiger charge is -2.27. The van der Waals surface area contributed by atoms with E-state index in [1.54, 1.807) is 7.11 Å². The minimum atomic E-state index is 0.693. The fourth-order valence-electron chi connectivity index (χ4n) is 3.49. The van der Waals surface area contributed by atoms with Crippen LogP contribution in [0.5, 0.6) is 5.88 Å². The maximum atomic E-state index is 5.13. The third-order valence-corrected chi connectivity index (χ3v) is 4.65. The van der Waals surface area contributed by atoms with Crippen molar-refractivity contribution in [1.82, 2.24) is 9.88 Å². The molecular formula is C16H25N3O. The van der Waals surface area contributed by atoms with Gasteiger partial charge < -0.3 is 14.5 Å². The summed E-state index contributed by atoms with van der Waals surface area (Å²) in [6, 6.07) is 4.88. The zero-order chi connectivity index (χ0) is 13.8. The van der Waals surface area contributed by atoms with Crippen LogP contribution in [0.4, 0.5) is 5.69 Å². The quantitative estimate of drug-likeness (QED) is 0.847. The molecule has 2 fully saturated rings. The Hall–Kier alpha value is -1.29. The minimum absolute atomic E-state index is 0.693. The van der Waals surface area contributed by atoms with Gasteiger partial charge in [0.1, 0.15) is 0 Å². The van der Waals surface area contributed by atoms with Crippen LogP contribution < -0.4 is 9.64 Å². The van der Waals surface area contributed by atoms with E-state index in [2.05, 4.69) is 20.9 Å². The van der Waals surface area contributed by atoms with E-state index in [1.165, 1.54) is 50.9 Å². The van der Waals surface area contributed by atoms with Crippen molar-refractivity contribution in [1.29, 1.82) is 0 Å². The molecule has 0 radical (unpaired) electrons. The van der Waals surface area contributed by atoms with E-state index in [0.29, 0.717) is 5.88 Å². The number of likely N-dealkylation sites (tertiary alicyclic amines) is 1. The summed E-state index contributed by atoms with van der Waals surface area (Å²) in [7, 11) is 1.66. The fourth-order valence-corrected chi connectivity index (χ4v) is 3.49. The monoisotopic (exact) mass is 275 g/mol. The normalized spacial score (nSPS) is 24.6. The summed E-state index contributed by atoms with van der Waals surface area (Å²) in [5, 5.41) is 0. The molecule has 3 rings (SSSR count). The first-order valence-corrected chi connectivity index (χ1v) is 7.86. The molecule has 0 bridgehead atoms. The predicted octanol–water partition coefficient (Wildman–Crippen LogP) is 2.54. The summed E-state index contributed by atoms with van der Waals surface area (Å²) in [5.74, 6) is 0.693. The molecule has 1 aromatic rings. The van der Waals surface area contributed by atoms with Crippen LogP contribution in [0.15, 0.2) is 18.3 Å². The Kier molecular flexibility index (Phi) is 4.41. The zero-order valence-electron chi connectivity index (χ0n) is 12.4. The van der Waals surface area contributed by atoms with Crippen molar-refractivity contribution >= 4 is 5.69 Å². The molecule has 1 atom stereocenters. The SMILES string of the molecule is COc1ccc(N2CCCC(N3CCCC3)CC2)cn1. The van der Waals surface area contributed by atoms with E-state index in [9.17, 15) is 0 Å². The predicted molar refractivity (Wildman–Crippen MR) is 81.4 cm³/mol. The number of hydrogen-bond acceptors (Lipinski definition) is 4. The molecule has 1 unspecified atom stereocenters. The van der Waals surface area contributed by atoms with Crippen LogP contribution in [0.25, 0.3) is 0 Å². The molecule has 0 saturated carbocycles. The van der Waals surface area contributed by atoms with Gasteiger partial charge >= 0.3 is 0 Å². The van der Waals surface area contributed by atoms with Crippen molar-refractivity contribution in [2.24, 2.45) is 0 Å². The highest BCUT2D eigenvalue weighted by atomic mass is 16.5. The molecule has 2 aliphatic rings. The highest BCUT2D eigenvalue weighted by Crippen LogP contribution is 2.24. The maximum absolute atomic E-state index is 5.13. The van der Waals surface area contributed by atoms with Gasteiger partial charge in [0, 0.05) is 25.2 Å². The standard InChI is InChI=1S/C16H25N3O/c1-20-16-7-6-15(13-17-16)19-11-4-5-14(8-12-19)18-9-2-3-10-18/h6-7,13-14H,2-5,8-12H2,1H3. The van der Waals surface area contributed by atoms with Gasteiger partial charge in [-0.25, -0.2) is 4.98 Å². The molecule has 2 aliphatic heterocycles. The largest absolute Gasteiger partial charge is 0.481 e. The molecule has 2 saturated heterocycles. The number of ether oxygens (including phenoxy) is 1. The molecule has 110 valence electrons. The van der Waals surface area contributed by atoms with Crippen LogP contribution in [0.1, 0.15) is 32.1 Å². The second-order valence-electron chi connectivity index (χ2n) is 5.87. The molecule has 0 aliphatic carbocycles. The lowest BCUT2D eigenvalue weighted by atomic mass is 10.1. The lowest BCUT2D eigenvalue weighted by Crippen LogP contribution is -2.33. The average Bonchev–Trinajstić information content (AvgIpc) is 2.92. The van der Waals surface area contributed by atoms with Gasteiger partial charge in [-0.1, -0.05) is 0 Å². The van der Waals surface area contributed by atoms with Gasteiger partial charge in [-0.2, -0.15) is 0 Å². The van der Waals surface area contributed by atoms with Gasteiger partial charge in [0.2, 0.25) is 5.88 Å². The van der Waals surface area contributed by atoms with Crippen molar-refractivity contribution in [3.05, 3.63) is 18.3 Å². The van der Waals surface area contributed by atoms with Gasteiger partial charge in [-0.3, -0.25) is 0 Å². The fraction of sp³-hybridized carbons (Fsp3) is 0.688. The minimum Gasteiger partial charge on any atom is -0.481 e. The first kappa shape index (κ1) is 13.7. The summed E-state index contributed by atoms with van der Waals surface area (Å²) in [6.07, 6.45) is 8.64. The number of rotatable bonds is 3. The van der Waals surface area contributed by atoms with Crippen LogP contribution >= 0.6 is 0 Å². The Balaban J connectivity index is 1.61. The summed E-state index contributed by atoms with van der Waals surface area (Å²) in [5.41, 5.74) is 1.23. The van der Waals surface area contributed by atoms with Crippen LogP contribution in [0, 0.1) is 0 Å². The van der Waals surface area contributed by atoms with E-state index in [0.717, 1.165) is 19.1 Å². The Labute approximate surface area is 121 Å². The van der Waals surface area contributed by atoms with Gasteiger partial charge in [0.05, 0.1) is 19.0 Å².